The summed E-state index contributed by atoms with van der Waals surface area (Å²) in [4.78, 5) is 13.3. The Hall–Kier alpha value is -3.53. The van der Waals surface area contributed by atoms with Crippen LogP contribution in [0, 0.1) is 0 Å². The molecule has 4 rings (SSSR count). The summed E-state index contributed by atoms with van der Waals surface area (Å²) in [5.41, 5.74) is 3.30. The number of carbonyl (C=O) groups is 1. The molecular formula is C26H25NO3. The van der Waals surface area contributed by atoms with E-state index in [4.69, 9.17) is 4.74 Å². The van der Waals surface area contributed by atoms with E-state index < -0.39 is 6.10 Å². The van der Waals surface area contributed by atoms with Crippen LogP contribution in [-0.2, 0) is 0 Å². The van der Waals surface area contributed by atoms with E-state index in [9.17, 15) is 9.90 Å². The summed E-state index contributed by atoms with van der Waals surface area (Å²) < 4.78 is 6.29. The van der Waals surface area contributed by atoms with E-state index in [1.54, 1.807) is 24.4 Å². The Morgan fingerprint density at radius 2 is 1.63 bits per heavy atom. The van der Waals surface area contributed by atoms with E-state index in [1.165, 1.54) is 0 Å². The number of benzene rings is 3. The van der Waals surface area contributed by atoms with Crippen LogP contribution in [0.2, 0.25) is 0 Å². The predicted molar refractivity (Wildman–Crippen MR) is 119 cm³/mol. The minimum absolute atomic E-state index is 0.0621. The minimum Gasteiger partial charge on any atom is -0.507 e. The molecule has 2 N–H and O–H groups in total. The summed E-state index contributed by atoms with van der Waals surface area (Å²) >= 11 is 0. The van der Waals surface area contributed by atoms with E-state index in [2.05, 4.69) is 5.32 Å². The molecule has 0 saturated carbocycles. The average Bonchev–Trinajstić information content (AvgIpc) is 2.73. The van der Waals surface area contributed by atoms with Crippen LogP contribution in [0.3, 0.4) is 0 Å². The van der Waals surface area contributed by atoms with Gasteiger partial charge in [0.1, 0.15) is 11.5 Å². The number of phenols is 1. The van der Waals surface area contributed by atoms with Crippen LogP contribution in [-0.4, -0.2) is 16.4 Å². The van der Waals surface area contributed by atoms with E-state index in [0.29, 0.717) is 22.4 Å². The van der Waals surface area contributed by atoms with Gasteiger partial charge in [-0.1, -0.05) is 48.5 Å². The van der Waals surface area contributed by atoms with Gasteiger partial charge in [-0.3, -0.25) is 4.79 Å². The van der Waals surface area contributed by atoms with Crippen LogP contribution in [0.15, 0.2) is 84.6 Å². The Labute approximate surface area is 176 Å². The summed E-state index contributed by atoms with van der Waals surface area (Å²) in [6, 6.07) is 22.3. The third kappa shape index (κ3) is 3.94. The highest BCUT2D eigenvalue weighted by molar-refractivity contribution is 6.12. The van der Waals surface area contributed by atoms with E-state index >= 15 is 0 Å². The Morgan fingerprint density at radius 1 is 0.933 bits per heavy atom. The lowest BCUT2D eigenvalue weighted by Gasteiger charge is -2.29. The molecule has 0 spiro atoms. The van der Waals surface area contributed by atoms with Crippen molar-refractivity contribution >= 4 is 5.78 Å². The topological polar surface area (TPSA) is 58.6 Å². The van der Waals surface area contributed by atoms with Gasteiger partial charge in [-0.15, -0.1) is 0 Å². The van der Waals surface area contributed by atoms with Crippen LogP contribution < -0.4 is 10.1 Å². The van der Waals surface area contributed by atoms with Crippen molar-refractivity contribution in [3.05, 3.63) is 95.7 Å². The third-order valence-corrected chi connectivity index (χ3v) is 4.99. The highest BCUT2D eigenvalue weighted by Gasteiger charge is 2.33. The van der Waals surface area contributed by atoms with Crippen molar-refractivity contribution in [3.63, 3.8) is 0 Å². The SMILES string of the molecule is CC(C)(C)N/C=C1\C(=O)c2ccccc2OC1c1ccc(O)c(-c2ccccc2)c1. The Morgan fingerprint density at radius 3 is 2.37 bits per heavy atom. The summed E-state index contributed by atoms with van der Waals surface area (Å²) in [7, 11) is 0. The quantitative estimate of drug-likeness (QED) is 0.559. The lowest BCUT2D eigenvalue weighted by atomic mass is 9.89. The molecule has 1 unspecified atom stereocenters. The second-order valence-corrected chi connectivity index (χ2v) is 8.46. The zero-order valence-electron chi connectivity index (χ0n) is 17.3. The third-order valence-electron chi connectivity index (χ3n) is 4.99. The van der Waals surface area contributed by atoms with E-state index in [0.717, 1.165) is 11.1 Å². The molecule has 0 aliphatic carbocycles. The molecule has 1 heterocycles. The van der Waals surface area contributed by atoms with Crippen molar-refractivity contribution < 1.29 is 14.6 Å². The fourth-order valence-corrected chi connectivity index (χ4v) is 3.47. The highest BCUT2D eigenvalue weighted by atomic mass is 16.5. The standard InChI is InChI=1S/C26H25NO3/c1-26(2,3)27-16-21-24(29)19-11-7-8-12-23(19)30-25(21)18-13-14-22(28)20(15-18)17-9-5-4-6-10-17/h4-16,25,27-28H,1-3H3/b21-16+. The van der Waals surface area contributed by atoms with Crippen molar-refractivity contribution in [3.8, 4) is 22.6 Å². The molecule has 0 amide bonds. The molecule has 1 aliphatic rings. The molecule has 0 saturated heterocycles. The van der Waals surface area contributed by atoms with Crippen LogP contribution in [0.5, 0.6) is 11.5 Å². The van der Waals surface area contributed by atoms with Gasteiger partial charge in [0.2, 0.25) is 0 Å². The first-order valence-corrected chi connectivity index (χ1v) is 10.00. The van der Waals surface area contributed by atoms with Gasteiger partial charge in [0.15, 0.2) is 11.9 Å². The molecule has 3 aromatic carbocycles. The average molecular weight is 399 g/mol. The number of phenolic OH excluding ortho intramolecular Hbond substituents is 1. The van der Waals surface area contributed by atoms with Crippen molar-refractivity contribution in [2.75, 3.05) is 0 Å². The Balaban J connectivity index is 1.82. The fraction of sp³-hybridized carbons (Fsp3) is 0.192. The Kier molecular flexibility index (Phi) is 5.08. The van der Waals surface area contributed by atoms with Gasteiger partial charge in [-0.05, 0) is 56.2 Å². The predicted octanol–water partition coefficient (Wildman–Crippen LogP) is 5.65. The largest absolute Gasteiger partial charge is 0.507 e. The second kappa shape index (κ2) is 7.71. The number of ether oxygens (including phenoxy) is 1. The summed E-state index contributed by atoms with van der Waals surface area (Å²) in [5.74, 6) is 0.688. The molecule has 3 aromatic rings. The monoisotopic (exact) mass is 399 g/mol. The maximum atomic E-state index is 13.3. The van der Waals surface area contributed by atoms with Gasteiger partial charge in [0.05, 0.1) is 11.1 Å². The molecule has 0 aromatic heterocycles. The summed E-state index contributed by atoms with van der Waals surface area (Å²) in [6.07, 6.45) is 1.18. The maximum absolute atomic E-state index is 13.3. The van der Waals surface area contributed by atoms with Gasteiger partial charge in [-0.25, -0.2) is 0 Å². The Bertz CT molecular complexity index is 1110. The van der Waals surface area contributed by atoms with Gasteiger partial charge < -0.3 is 15.2 Å². The smallest absolute Gasteiger partial charge is 0.198 e. The lowest BCUT2D eigenvalue weighted by Crippen LogP contribution is -2.34. The second-order valence-electron chi connectivity index (χ2n) is 8.46. The molecule has 1 atom stereocenters. The lowest BCUT2D eigenvalue weighted by molar-refractivity contribution is 0.0959. The highest BCUT2D eigenvalue weighted by Crippen LogP contribution is 2.40. The van der Waals surface area contributed by atoms with Crippen LogP contribution in [0.4, 0.5) is 0 Å². The minimum atomic E-state index is -0.578. The molecule has 0 fully saturated rings. The molecule has 4 nitrogen and oxygen atoms in total. The van der Waals surface area contributed by atoms with Gasteiger partial charge >= 0.3 is 0 Å². The number of nitrogens with one attached hydrogen (secondary N) is 1. The first-order valence-electron chi connectivity index (χ1n) is 10.00. The first-order chi connectivity index (χ1) is 14.3. The molecule has 1 aliphatic heterocycles. The first kappa shape index (κ1) is 19.8. The van der Waals surface area contributed by atoms with E-state index in [1.807, 2.05) is 75.4 Å². The van der Waals surface area contributed by atoms with Crippen LogP contribution in [0.25, 0.3) is 11.1 Å². The molecule has 30 heavy (non-hydrogen) atoms. The van der Waals surface area contributed by atoms with Crippen molar-refractivity contribution in [1.29, 1.82) is 0 Å². The van der Waals surface area contributed by atoms with Gasteiger partial charge in [-0.2, -0.15) is 0 Å². The number of hydrogen-bond acceptors (Lipinski definition) is 4. The number of aromatic hydroxyl groups is 1. The van der Waals surface area contributed by atoms with Gasteiger partial charge in [0, 0.05) is 17.3 Å². The summed E-state index contributed by atoms with van der Waals surface area (Å²) in [5, 5.41) is 13.7. The van der Waals surface area contributed by atoms with E-state index in [-0.39, 0.29) is 17.1 Å². The van der Waals surface area contributed by atoms with Crippen LogP contribution >= 0.6 is 0 Å². The van der Waals surface area contributed by atoms with Gasteiger partial charge in [0.25, 0.3) is 0 Å². The zero-order chi connectivity index (χ0) is 21.3. The fourth-order valence-electron chi connectivity index (χ4n) is 3.47. The number of carbonyl (C=O) groups excluding carboxylic acids is 1. The zero-order valence-corrected chi connectivity index (χ0v) is 17.3. The number of ketones is 1. The molecule has 0 radical (unpaired) electrons. The number of rotatable bonds is 3. The van der Waals surface area contributed by atoms with Crippen molar-refractivity contribution in [2.45, 2.75) is 32.4 Å². The molecular weight excluding hydrogens is 374 g/mol. The summed E-state index contributed by atoms with van der Waals surface area (Å²) in [6.45, 7) is 6.11. The normalized spacial score (nSPS) is 17.4. The molecule has 0 bridgehead atoms. The van der Waals surface area contributed by atoms with Crippen LogP contribution in [0.1, 0.15) is 42.8 Å². The number of fused-ring (bicyclic) bond motifs is 1. The number of Topliss-reactive ketones (excluding diaryl/α,β-unsaturated/α-hetero) is 1. The number of hydrogen-bond donors (Lipinski definition) is 2. The number of para-hydroxylation sites is 1. The van der Waals surface area contributed by atoms with Crippen molar-refractivity contribution in [2.24, 2.45) is 0 Å². The molecule has 152 valence electrons. The van der Waals surface area contributed by atoms with Crippen molar-refractivity contribution in [1.82, 2.24) is 5.32 Å². The molecule has 4 heteroatoms. The maximum Gasteiger partial charge on any atom is 0.198 e.